The lowest BCUT2D eigenvalue weighted by molar-refractivity contribution is 0.188. The van der Waals surface area contributed by atoms with Gasteiger partial charge in [0.15, 0.2) is 0 Å². The first kappa shape index (κ1) is 21.3. The molecule has 6 nitrogen and oxygen atoms in total. The Hall–Kier alpha value is -2.41. The molecule has 0 atom stereocenters. The summed E-state index contributed by atoms with van der Waals surface area (Å²) in [7, 11) is 0. The van der Waals surface area contributed by atoms with E-state index in [1.54, 1.807) is 0 Å². The quantitative estimate of drug-likeness (QED) is 0.621. The van der Waals surface area contributed by atoms with Crippen LogP contribution in [0.25, 0.3) is 10.9 Å². The molecular weight excluding hydrogens is 386 g/mol. The fourth-order valence-electron chi connectivity index (χ4n) is 3.62. The molecular formula is C22H28ClN5O. The van der Waals surface area contributed by atoms with Crippen LogP contribution in [0.4, 0.5) is 11.8 Å². The van der Waals surface area contributed by atoms with Crippen LogP contribution in [0.3, 0.4) is 0 Å². The van der Waals surface area contributed by atoms with Gasteiger partial charge in [-0.3, -0.25) is 4.90 Å². The lowest BCUT2D eigenvalue weighted by Crippen LogP contribution is -2.47. The number of rotatable bonds is 7. The average Bonchev–Trinajstić information content (AvgIpc) is 2.75. The molecule has 2 heterocycles. The molecule has 0 aliphatic carbocycles. The molecule has 154 valence electrons. The maximum absolute atomic E-state index is 9.13. The van der Waals surface area contributed by atoms with Crippen LogP contribution in [0, 0.1) is 0 Å². The van der Waals surface area contributed by atoms with Gasteiger partial charge in [0.25, 0.3) is 0 Å². The summed E-state index contributed by atoms with van der Waals surface area (Å²) in [6, 6.07) is 18.7. The van der Waals surface area contributed by atoms with Gasteiger partial charge in [-0.1, -0.05) is 42.5 Å². The third kappa shape index (κ3) is 5.35. The zero-order chi connectivity index (χ0) is 19.2. The normalized spacial score (nSPS) is 14.6. The van der Waals surface area contributed by atoms with Crippen LogP contribution in [0.1, 0.15) is 5.56 Å². The second-order valence-electron chi connectivity index (χ2n) is 7.10. The summed E-state index contributed by atoms with van der Waals surface area (Å²) in [5.74, 6) is 1.68. The van der Waals surface area contributed by atoms with Crippen LogP contribution in [-0.4, -0.2) is 65.8 Å². The van der Waals surface area contributed by atoms with Crippen molar-refractivity contribution < 1.29 is 5.11 Å². The Morgan fingerprint density at radius 2 is 1.62 bits per heavy atom. The number of nitrogens with one attached hydrogen (secondary N) is 1. The molecule has 1 aliphatic heterocycles. The number of halogens is 1. The standard InChI is InChI=1S/C22H27N5O.ClH/c28-17-16-26-12-14-27(15-13-26)22-24-20-9-5-4-8-19(20)21(25-22)23-11-10-18-6-2-1-3-7-18;/h1-9,28H,10-17H2,(H,23,24,25);1H. The number of hydrogen-bond acceptors (Lipinski definition) is 6. The number of aliphatic hydroxyl groups excluding tert-OH is 1. The number of aromatic nitrogens is 2. The van der Waals surface area contributed by atoms with E-state index in [0.717, 1.165) is 68.4 Å². The topological polar surface area (TPSA) is 64.5 Å². The third-order valence-corrected chi connectivity index (χ3v) is 5.21. The Bertz CT molecular complexity index is 900. The Balaban J connectivity index is 0.00000240. The van der Waals surface area contributed by atoms with Gasteiger partial charge in [-0.15, -0.1) is 12.4 Å². The van der Waals surface area contributed by atoms with Gasteiger partial charge in [-0.05, 0) is 24.1 Å². The number of β-amino-alcohol motifs (C(OH)–C–C–N with tert-alkyl or cyclic N) is 1. The molecule has 0 amide bonds. The first-order chi connectivity index (χ1) is 13.8. The first-order valence-corrected chi connectivity index (χ1v) is 9.96. The molecule has 0 saturated carbocycles. The number of aliphatic hydroxyl groups is 1. The van der Waals surface area contributed by atoms with Crippen molar-refractivity contribution in [2.75, 3.05) is 56.1 Å². The monoisotopic (exact) mass is 413 g/mol. The van der Waals surface area contributed by atoms with Gasteiger partial charge < -0.3 is 15.3 Å². The number of anilines is 2. The van der Waals surface area contributed by atoms with E-state index in [4.69, 9.17) is 15.1 Å². The van der Waals surface area contributed by atoms with Gasteiger partial charge in [0, 0.05) is 44.7 Å². The number of nitrogens with zero attached hydrogens (tertiary/aromatic N) is 4. The van der Waals surface area contributed by atoms with Crippen LogP contribution in [0.15, 0.2) is 54.6 Å². The van der Waals surface area contributed by atoms with Crippen LogP contribution in [0.2, 0.25) is 0 Å². The van der Waals surface area contributed by atoms with Gasteiger partial charge in [0.05, 0.1) is 12.1 Å². The second kappa shape index (κ2) is 10.4. The predicted octanol–water partition coefficient (Wildman–Crippen LogP) is 2.82. The van der Waals surface area contributed by atoms with Gasteiger partial charge in [0.1, 0.15) is 5.82 Å². The SMILES string of the molecule is Cl.OCCN1CCN(c2nc(NCCc3ccccc3)c3ccccc3n2)CC1. The molecule has 1 saturated heterocycles. The van der Waals surface area contributed by atoms with E-state index in [2.05, 4.69) is 45.4 Å². The van der Waals surface area contributed by atoms with Gasteiger partial charge >= 0.3 is 0 Å². The molecule has 1 fully saturated rings. The van der Waals surface area contributed by atoms with E-state index in [9.17, 15) is 0 Å². The minimum atomic E-state index is 0. The number of piperazine rings is 1. The van der Waals surface area contributed by atoms with Crippen LogP contribution in [0.5, 0.6) is 0 Å². The zero-order valence-electron chi connectivity index (χ0n) is 16.5. The molecule has 2 N–H and O–H groups in total. The van der Waals surface area contributed by atoms with Crippen LogP contribution >= 0.6 is 12.4 Å². The van der Waals surface area contributed by atoms with E-state index in [-0.39, 0.29) is 19.0 Å². The van der Waals surface area contributed by atoms with Crippen molar-refractivity contribution in [3.63, 3.8) is 0 Å². The number of fused-ring (bicyclic) bond motifs is 1. The van der Waals surface area contributed by atoms with E-state index in [1.807, 2.05) is 24.3 Å². The maximum atomic E-state index is 9.13. The van der Waals surface area contributed by atoms with Crippen molar-refractivity contribution >= 4 is 35.1 Å². The lowest BCUT2D eigenvalue weighted by atomic mass is 10.1. The van der Waals surface area contributed by atoms with E-state index in [0.29, 0.717) is 0 Å². The minimum Gasteiger partial charge on any atom is -0.395 e. The molecule has 1 aromatic heterocycles. The second-order valence-corrected chi connectivity index (χ2v) is 7.10. The lowest BCUT2D eigenvalue weighted by Gasteiger charge is -2.34. The van der Waals surface area contributed by atoms with Crippen molar-refractivity contribution in [2.24, 2.45) is 0 Å². The van der Waals surface area contributed by atoms with Crippen molar-refractivity contribution in [1.29, 1.82) is 0 Å². The van der Waals surface area contributed by atoms with E-state index < -0.39 is 0 Å². The highest BCUT2D eigenvalue weighted by Gasteiger charge is 2.20. The zero-order valence-corrected chi connectivity index (χ0v) is 17.3. The van der Waals surface area contributed by atoms with Gasteiger partial charge in [-0.25, -0.2) is 4.98 Å². The molecule has 3 aromatic rings. The number of para-hydroxylation sites is 1. The van der Waals surface area contributed by atoms with Crippen LogP contribution < -0.4 is 10.2 Å². The summed E-state index contributed by atoms with van der Waals surface area (Å²) in [5, 5.41) is 13.7. The Morgan fingerprint density at radius 3 is 2.38 bits per heavy atom. The molecule has 0 radical (unpaired) electrons. The van der Waals surface area contributed by atoms with Gasteiger partial charge in [0.2, 0.25) is 5.95 Å². The van der Waals surface area contributed by atoms with Crippen molar-refractivity contribution in [1.82, 2.24) is 14.9 Å². The largest absolute Gasteiger partial charge is 0.395 e. The molecule has 2 aromatic carbocycles. The fourth-order valence-corrected chi connectivity index (χ4v) is 3.62. The smallest absolute Gasteiger partial charge is 0.227 e. The van der Waals surface area contributed by atoms with E-state index in [1.165, 1.54) is 5.56 Å². The highest BCUT2D eigenvalue weighted by Crippen LogP contribution is 2.24. The highest BCUT2D eigenvalue weighted by atomic mass is 35.5. The molecule has 0 unspecified atom stereocenters. The Labute approximate surface area is 178 Å². The molecule has 0 bridgehead atoms. The molecule has 0 spiro atoms. The molecule has 4 rings (SSSR count). The van der Waals surface area contributed by atoms with Crippen LogP contribution in [-0.2, 0) is 6.42 Å². The number of benzene rings is 2. The summed E-state index contributed by atoms with van der Waals surface area (Å²) in [4.78, 5) is 14.2. The number of hydrogen-bond donors (Lipinski definition) is 2. The first-order valence-electron chi connectivity index (χ1n) is 9.96. The molecule has 1 aliphatic rings. The maximum Gasteiger partial charge on any atom is 0.227 e. The van der Waals surface area contributed by atoms with Gasteiger partial charge in [-0.2, -0.15) is 4.98 Å². The minimum absolute atomic E-state index is 0. The summed E-state index contributed by atoms with van der Waals surface area (Å²) in [6.45, 7) is 5.38. The van der Waals surface area contributed by atoms with Crippen molar-refractivity contribution in [2.45, 2.75) is 6.42 Å². The summed E-state index contributed by atoms with van der Waals surface area (Å²) < 4.78 is 0. The third-order valence-electron chi connectivity index (χ3n) is 5.21. The predicted molar refractivity (Wildman–Crippen MR) is 121 cm³/mol. The Morgan fingerprint density at radius 1 is 0.897 bits per heavy atom. The summed E-state index contributed by atoms with van der Waals surface area (Å²) >= 11 is 0. The molecule has 7 heteroatoms. The van der Waals surface area contributed by atoms with Crippen molar-refractivity contribution in [3.8, 4) is 0 Å². The fraction of sp³-hybridized carbons (Fsp3) is 0.364. The van der Waals surface area contributed by atoms with E-state index >= 15 is 0 Å². The Kier molecular flexibility index (Phi) is 7.63. The van der Waals surface area contributed by atoms with Crippen molar-refractivity contribution in [3.05, 3.63) is 60.2 Å². The summed E-state index contributed by atoms with van der Waals surface area (Å²) in [6.07, 6.45) is 0.953. The summed E-state index contributed by atoms with van der Waals surface area (Å²) in [5.41, 5.74) is 2.28. The average molecular weight is 414 g/mol. The highest BCUT2D eigenvalue weighted by molar-refractivity contribution is 5.90. The molecule has 29 heavy (non-hydrogen) atoms.